The lowest BCUT2D eigenvalue weighted by Gasteiger charge is -2.15. The minimum absolute atomic E-state index is 0.916. The fourth-order valence-electron chi connectivity index (χ4n) is 0.851. The zero-order valence-electron chi connectivity index (χ0n) is 6.79. The highest BCUT2D eigenvalue weighted by Crippen LogP contribution is 2.03. The van der Waals surface area contributed by atoms with Gasteiger partial charge in [0.25, 0.3) is 0 Å². The van der Waals surface area contributed by atoms with Crippen molar-refractivity contribution < 1.29 is 0 Å². The highest BCUT2D eigenvalue weighted by atomic mass is 28.3. The highest BCUT2D eigenvalue weighted by Gasteiger charge is 2.19. The standard InChI is InChI=1S/C5H12N4Si/c1-5-6-7-8-9(5)10(2,3)4/h1-4H3. The maximum Gasteiger partial charge on any atom is 0.180 e. The monoisotopic (exact) mass is 156 g/mol. The van der Waals surface area contributed by atoms with E-state index in [0.29, 0.717) is 0 Å². The molecule has 0 aliphatic carbocycles. The number of aromatic nitrogens is 4. The van der Waals surface area contributed by atoms with Crippen LogP contribution >= 0.6 is 0 Å². The number of tetrazole rings is 1. The summed E-state index contributed by atoms with van der Waals surface area (Å²) in [5.74, 6) is 0.916. The van der Waals surface area contributed by atoms with Gasteiger partial charge in [0.1, 0.15) is 5.82 Å². The predicted octanol–water partition coefficient (Wildman–Crippen LogP) is 0.665. The van der Waals surface area contributed by atoms with Gasteiger partial charge in [-0.3, -0.25) is 4.35 Å². The van der Waals surface area contributed by atoms with Gasteiger partial charge in [-0.15, -0.1) is 5.10 Å². The Morgan fingerprint density at radius 1 is 1.30 bits per heavy atom. The van der Waals surface area contributed by atoms with Gasteiger partial charge in [-0.25, -0.2) is 0 Å². The van der Waals surface area contributed by atoms with Crippen LogP contribution < -0.4 is 0 Å². The van der Waals surface area contributed by atoms with Gasteiger partial charge < -0.3 is 0 Å². The summed E-state index contributed by atoms with van der Waals surface area (Å²) in [4.78, 5) is 0. The Morgan fingerprint density at radius 2 is 1.90 bits per heavy atom. The Morgan fingerprint density at radius 3 is 2.10 bits per heavy atom. The minimum atomic E-state index is -1.35. The van der Waals surface area contributed by atoms with Gasteiger partial charge in [0, 0.05) is 0 Å². The van der Waals surface area contributed by atoms with E-state index in [1.165, 1.54) is 0 Å². The molecule has 0 N–H and O–H groups in total. The average molecular weight is 156 g/mol. The molecule has 10 heavy (non-hydrogen) atoms. The fourth-order valence-corrected chi connectivity index (χ4v) is 2.18. The molecule has 0 unspecified atom stereocenters. The van der Waals surface area contributed by atoms with E-state index in [-0.39, 0.29) is 0 Å². The average Bonchev–Trinajstić information content (AvgIpc) is 2.11. The Kier molecular flexibility index (Phi) is 1.59. The summed E-state index contributed by atoms with van der Waals surface area (Å²) in [6.07, 6.45) is 0. The second-order valence-electron chi connectivity index (χ2n) is 3.31. The third kappa shape index (κ3) is 1.23. The predicted molar refractivity (Wildman–Crippen MR) is 41.3 cm³/mol. The summed E-state index contributed by atoms with van der Waals surface area (Å²) in [5, 5.41) is 11.3. The second kappa shape index (κ2) is 2.16. The molecule has 0 bridgehead atoms. The van der Waals surface area contributed by atoms with Crippen molar-refractivity contribution in [1.29, 1.82) is 0 Å². The van der Waals surface area contributed by atoms with Crippen molar-refractivity contribution in [3.63, 3.8) is 0 Å². The summed E-state index contributed by atoms with van der Waals surface area (Å²) >= 11 is 0. The van der Waals surface area contributed by atoms with Gasteiger partial charge in [-0.2, -0.15) is 0 Å². The number of rotatable bonds is 1. The van der Waals surface area contributed by atoms with Crippen LogP contribution in [0.25, 0.3) is 0 Å². The second-order valence-corrected chi connectivity index (χ2v) is 8.07. The molecule has 4 nitrogen and oxygen atoms in total. The van der Waals surface area contributed by atoms with E-state index >= 15 is 0 Å². The molecule has 0 saturated carbocycles. The van der Waals surface area contributed by atoms with Crippen molar-refractivity contribution in [3.05, 3.63) is 5.82 Å². The van der Waals surface area contributed by atoms with Crippen LogP contribution in [0, 0.1) is 6.92 Å². The fraction of sp³-hybridized carbons (Fsp3) is 0.800. The van der Waals surface area contributed by atoms with Crippen molar-refractivity contribution >= 4 is 8.24 Å². The Labute approximate surface area is 61.3 Å². The normalized spacial score (nSPS) is 12.0. The first-order valence-corrected chi connectivity index (χ1v) is 6.72. The van der Waals surface area contributed by atoms with Crippen molar-refractivity contribution in [1.82, 2.24) is 19.9 Å². The molecule has 0 radical (unpaired) electrons. The molecule has 56 valence electrons. The highest BCUT2D eigenvalue weighted by molar-refractivity contribution is 6.74. The zero-order valence-corrected chi connectivity index (χ0v) is 7.79. The van der Waals surface area contributed by atoms with Crippen LogP contribution in [0.2, 0.25) is 19.6 Å². The number of nitrogens with zero attached hydrogens (tertiary/aromatic N) is 4. The van der Waals surface area contributed by atoms with Crippen LogP contribution in [0.5, 0.6) is 0 Å². The molecule has 0 aliphatic rings. The molecule has 0 aliphatic heterocycles. The minimum Gasteiger partial charge on any atom is -0.262 e. The lowest BCUT2D eigenvalue weighted by Crippen LogP contribution is -2.34. The smallest absolute Gasteiger partial charge is 0.180 e. The van der Waals surface area contributed by atoms with Crippen LogP contribution in [0.3, 0.4) is 0 Å². The van der Waals surface area contributed by atoms with Gasteiger partial charge >= 0.3 is 0 Å². The van der Waals surface area contributed by atoms with Crippen molar-refractivity contribution in [2.45, 2.75) is 26.6 Å². The molecule has 0 saturated heterocycles. The molecular weight excluding hydrogens is 144 g/mol. The Balaban J connectivity index is 3.05. The molecule has 0 amide bonds. The first kappa shape index (κ1) is 7.39. The van der Waals surface area contributed by atoms with Crippen molar-refractivity contribution in [2.75, 3.05) is 0 Å². The molecule has 0 aromatic carbocycles. The lowest BCUT2D eigenvalue weighted by atomic mass is 10.8. The van der Waals surface area contributed by atoms with E-state index in [2.05, 4.69) is 35.2 Å². The Bertz CT molecular complexity index is 224. The third-order valence-corrected chi connectivity index (χ3v) is 2.94. The van der Waals surface area contributed by atoms with E-state index < -0.39 is 8.24 Å². The number of hydrogen-bond acceptors (Lipinski definition) is 3. The molecule has 0 spiro atoms. The third-order valence-electron chi connectivity index (χ3n) is 1.26. The molecule has 0 atom stereocenters. The number of aryl methyl sites for hydroxylation is 1. The van der Waals surface area contributed by atoms with Crippen LogP contribution in [0.1, 0.15) is 5.82 Å². The maximum absolute atomic E-state index is 3.90. The molecular formula is C5H12N4Si. The molecule has 1 aromatic rings. The topological polar surface area (TPSA) is 43.6 Å². The zero-order chi connectivity index (χ0) is 7.78. The molecule has 0 fully saturated rings. The molecule has 1 rings (SSSR count). The van der Waals surface area contributed by atoms with Gasteiger partial charge in [0.05, 0.1) is 0 Å². The maximum atomic E-state index is 3.90. The summed E-state index contributed by atoms with van der Waals surface area (Å²) in [7, 11) is -1.35. The van der Waals surface area contributed by atoms with Crippen molar-refractivity contribution in [3.8, 4) is 0 Å². The summed E-state index contributed by atoms with van der Waals surface area (Å²) in [6.45, 7) is 8.54. The van der Waals surface area contributed by atoms with Crippen LogP contribution in [-0.4, -0.2) is 28.1 Å². The van der Waals surface area contributed by atoms with E-state index in [1.807, 2.05) is 11.3 Å². The summed E-state index contributed by atoms with van der Waals surface area (Å²) in [6, 6.07) is 0. The van der Waals surface area contributed by atoms with Gasteiger partial charge in [-0.05, 0) is 31.8 Å². The lowest BCUT2D eigenvalue weighted by molar-refractivity contribution is 0.814. The molecule has 5 heteroatoms. The SMILES string of the molecule is Cc1nnnn1[Si](C)(C)C. The molecule has 1 heterocycles. The molecule has 1 aromatic heterocycles. The van der Waals surface area contributed by atoms with Crippen LogP contribution in [0.4, 0.5) is 0 Å². The van der Waals surface area contributed by atoms with E-state index in [9.17, 15) is 0 Å². The van der Waals surface area contributed by atoms with E-state index in [0.717, 1.165) is 5.82 Å². The van der Waals surface area contributed by atoms with E-state index in [4.69, 9.17) is 0 Å². The Hall–Kier alpha value is -0.713. The largest absolute Gasteiger partial charge is 0.262 e. The van der Waals surface area contributed by atoms with Gasteiger partial charge in [0.15, 0.2) is 8.24 Å². The first-order chi connectivity index (χ1) is 4.52. The summed E-state index contributed by atoms with van der Waals surface area (Å²) < 4.78 is 1.94. The van der Waals surface area contributed by atoms with Crippen molar-refractivity contribution in [2.24, 2.45) is 0 Å². The number of hydrogen-bond donors (Lipinski definition) is 0. The first-order valence-electron chi connectivity index (χ1n) is 3.27. The van der Waals surface area contributed by atoms with Crippen LogP contribution in [-0.2, 0) is 0 Å². The van der Waals surface area contributed by atoms with Crippen LogP contribution in [0.15, 0.2) is 0 Å². The van der Waals surface area contributed by atoms with Gasteiger partial charge in [-0.1, -0.05) is 5.21 Å². The van der Waals surface area contributed by atoms with E-state index in [1.54, 1.807) is 0 Å². The summed E-state index contributed by atoms with van der Waals surface area (Å²) in [5.41, 5.74) is 0. The quantitative estimate of drug-likeness (QED) is 0.561. The van der Waals surface area contributed by atoms with Gasteiger partial charge in [0.2, 0.25) is 0 Å².